The minimum Gasteiger partial charge on any atom is -0.451 e. The van der Waals surface area contributed by atoms with Crippen LogP contribution in [0, 0.1) is 5.82 Å². The summed E-state index contributed by atoms with van der Waals surface area (Å²) >= 11 is 0. The van der Waals surface area contributed by atoms with Crippen molar-refractivity contribution in [1.29, 1.82) is 0 Å². The van der Waals surface area contributed by atoms with Crippen LogP contribution in [-0.2, 0) is 0 Å². The second kappa shape index (κ2) is 2.77. The van der Waals surface area contributed by atoms with Gasteiger partial charge in [-0.25, -0.2) is 9.37 Å². The van der Waals surface area contributed by atoms with Crippen LogP contribution in [0.15, 0.2) is 41.3 Å². The van der Waals surface area contributed by atoms with Gasteiger partial charge in [-0.2, -0.15) is 0 Å². The lowest BCUT2D eigenvalue weighted by atomic mass is 10.2. The number of halogens is 1. The van der Waals surface area contributed by atoms with Crippen LogP contribution < -0.4 is 0 Å². The molecule has 0 fully saturated rings. The van der Waals surface area contributed by atoms with Gasteiger partial charge in [0.2, 0.25) is 0 Å². The molecule has 3 heteroatoms. The van der Waals surface area contributed by atoms with Crippen LogP contribution in [0.2, 0.25) is 0 Å². The van der Waals surface area contributed by atoms with E-state index >= 15 is 0 Å². The number of nitrogens with zero attached hydrogens (tertiary/aromatic N) is 1. The molecule has 0 aliphatic rings. The predicted molar refractivity (Wildman–Crippen MR) is 41.9 cm³/mol. The van der Waals surface area contributed by atoms with Crippen molar-refractivity contribution in [2.45, 2.75) is 0 Å². The van der Waals surface area contributed by atoms with Crippen molar-refractivity contribution in [2.24, 2.45) is 0 Å². The largest absolute Gasteiger partial charge is 0.451 e. The first-order chi connectivity index (χ1) is 5.88. The van der Waals surface area contributed by atoms with E-state index in [1.165, 1.54) is 18.7 Å². The summed E-state index contributed by atoms with van der Waals surface area (Å²) in [6, 6.07) is 6.45. The Bertz CT molecular complexity index is 370. The first kappa shape index (κ1) is 7.03. The van der Waals surface area contributed by atoms with Gasteiger partial charge in [0.15, 0.2) is 6.39 Å². The highest BCUT2D eigenvalue weighted by atomic mass is 19.1. The smallest absolute Gasteiger partial charge is 0.181 e. The second-order valence-electron chi connectivity index (χ2n) is 2.35. The number of benzene rings is 1. The lowest BCUT2D eigenvalue weighted by Crippen LogP contribution is -1.81. The van der Waals surface area contributed by atoms with Gasteiger partial charge in [0.1, 0.15) is 17.8 Å². The first-order valence-electron chi connectivity index (χ1n) is 3.51. The summed E-state index contributed by atoms with van der Waals surface area (Å²) < 4.78 is 17.8. The van der Waals surface area contributed by atoms with Gasteiger partial charge in [-0.1, -0.05) is 12.1 Å². The molecule has 0 radical (unpaired) electrons. The van der Waals surface area contributed by atoms with Crippen LogP contribution in [0.3, 0.4) is 0 Å². The number of rotatable bonds is 1. The Balaban J connectivity index is 2.55. The summed E-state index contributed by atoms with van der Waals surface area (Å²) in [7, 11) is 0. The van der Waals surface area contributed by atoms with Crippen LogP contribution in [0.1, 0.15) is 0 Å². The molecule has 0 saturated carbocycles. The fraction of sp³-hybridized carbons (Fsp3) is 0. The van der Waals surface area contributed by atoms with E-state index in [4.69, 9.17) is 4.42 Å². The highest BCUT2D eigenvalue weighted by Gasteiger charge is 2.04. The zero-order valence-electron chi connectivity index (χ0n) is 6.20. The Morgan fingerprint density at radius 3 is 2.75 bits per heavy atom. The van der Waals surface area contributed by atoms with Gasteiger partial charge in [0.05, 0.1) is 0 Å². The first-order valence-corrected chi connectivity index (χ1v) is 3.51. The normalized spacial score (nSPS) is 10.1. The summed E-state index contributed by atoms with van der Waals surface area (Å²) in [6.45, 7) is 0. The molecule has 2 nitrogen and oxygen atoms in total. The monoisotopic (exact) mass is 163 g/mol. The fourth-order valence-electron chi connectivity index (χ4n) is 1.01. The molecule has 1 aromatic carbocycles. The van der Waals surface area contributed by atoms with Crippen molar-refractivity contribution >= 4 is 0 Å². The molecule has 0 N–H and O–H groups in total. The molecule has 0 saturated heterocycles. The van der Waals surface area contributed by atoms with E-state index in [-0.39, 0.29) is 5.82 Å². The van der Waals surface area contributed by atoms with E-state index in [2.05, 4.69) is 4.98 Å². The molecular formula is C9H6FNO. The highest BCUT2D eigenvalue weighted by Crippen LogP contribution is 2.19. The Kier molecular flexibility index (Phi) is 1.63. The van der Waals surface area contributed by atoms with E-state index in [1.807, 2.05) is 0 Å². The Labute approximate surface area is 68.7 Å². The number of hydrogen-bond acceptors (Lipinski definition) is 2. The molecular weight excluding hydrogens is 157 g/mol. The van der Waals surface area contributed by atoms with Crippen LogP contribution in [-0.4, -0.2) is 4.98 Å². The van der Waals surface area contributed by atoms with E-state index < -0.39 is 0 Å². The van der Waals surface area contributed by atoms with Crippen LogP contribution in [0.4, 0.5) is 4.39 Å². The lowest BCUT2D eigenvalue weighted by molar-refractivity contribution is 0.558. The number of aromatic nitrogens is 1. The van der Waals surface area contributed by atoms with Crippen molar-refractivity contribution < 1.29 is 8.81 Å². The van der Waals surface area contributed by atoms with Crippen LogP contribution in [0.25, 0.3) is 11.3 Å². The molecule has 0 aliphatic carbocycles. The maximum Gasteiger partial charge on any atom is 0.181 e. The Morgan fingerprint density at radius 2 is 2.08 bits per heavy atom. The Morgan fingerprint density at radius 1 is 1.25 bits per heavy atom. The second-order valence-corrected chi connectivity index (χ2v) is 2.35. The predicted octanol–water partition coefficient (Wildman–Crippen LogP) is 2.48. The van der Waals surface area contributed by atoms with Crippen molar-refractivity contribution in [1.82, 2.24) is 4.98 Å². The number of oxazole rings is 1. The molecule has 0 amide bonds. The van der Waals surface area contributed by atoms with Gasteiger partial charge < -0.3 is 4.42 Å². The van der Waals surface area contributed by atoms with Crippen LogP contribution >= 0.6 is 0 Å². The van der Waals surface area contributed by atoms with E-state index in [0.29, 0.717) is 11.3 Å². The van der Waals surface area contributed by atoms with Crippen molar-refractivity contribution in [3.8, 4) is 11.3 Å². The quantitative estimate of drug-likeness (QED) is 0.645. The molecule has 1 aromatic heterocycles. The lowest BCUT2D eigenvalue weighted by Gasteiger charge is -1.95. The third-order valence-corrected chi connectivity index (χ3v) is 1.58. The molecule has 0 atom stereocenters. The standard InChI is InChI=1S/C9H6FNO/c10-8-4-2-1-3-7(8)9-5-12-6-11-9/h1-6H. The molecule has 0 spiro atoms. The SMILES string of the molecule is Fc1ccccc1-c1cocn1. The van der Waals surface area contributed by atoms with E-state index in [1.54, 1.807) is 18.2 Å². The molecule has 1 heterocycles. The number of hydrogen-bond donors (Lipinski definition) is 0. The Hall–Kier alpha value is -1.64. The summed E-state index contributed by atoms with van der Waals surface area (Å²) in [4.78, 5) is 3.84. The molecule has 0 bridgehead atoms. The topological polar surface area (TPSA) is 26.0 Å². The van der Waals surface area contributed by atoms with Crippen molar-refractivity contribution in [3.05, 3.63) is 42.7 Å². The van der Waals surface area contributed by atoms with Crippen molar-refractivity contribution in [3.63, 3.8) is 0 Å². The zero-order valence-corrected chi connectivity index (χ0v) is 6.20. The van der Waals surface area contributed by atoms with Gasteiger partial charge >= 0.3 is 0 Å². The van der Waals surface area contributed by atoms with E-state index in [0.717, 1.165) is 0 Å². The maximum absolute atomic E-state index is 13.1. The van der Waals surface area contributed by atoms with Gasteiger partial charge in [-0.3, -0.25) is 0 Å². The maximum atomic E-state index is 13.1. The van der Waals surface area contributed by atoms with E-state index in [9.17, 15) is 4.39 Å². The van der Waals surface area contributed by atoms with Gasteiger partial charge in [0, 0.05) is 5.56 Å². The molecule has 2 aromatic rings. The average molecular weight is 163 g/mol. The zero-order chi connectivity index (χ0) is 8.39. The third-order valence-electron chi connectivity index (χ3n) is 1.58. The van der Waals surface area contributed by atoms with Crippen molar-refractivity contribution in [2.75, 3.05) is 0 Å². The van der Waals surface area contributed by atoms with Gasteiger partial charge in [0.25, 0.3) is 0 Å². The van der Waals surface area contributed by atoms with Gasteiger partial charge in [-0.05, 0) is 12.1 Å². The molecule has 0 aliphatic heterocycles. The summed E-state index contributed by atoms with van der Waals surface area (Å²) in [5.74, 6) is -0.286. The molecule has 0 unspecified atom stereocenters. The van der Waals surface area contributed by atoms with Gasteiger partial charge in [-0.15, -0.1) is 0 Å². The van der Waals surface area contributed by atoms with Crippen LogP contribution in [0.5, 0.6) is 0 Å². The molecule has 12 heavy (non-hydrogen) atoms. The fourth-order valence-corrected chi connectivity index (χ4v) is 1.01. The average Bonchev–Trinajstić information content (AvgIpc) is 2.57. The summed E-state index contributed by atoms with van der Waals surface area (Å²) in [6.07, 6.45) is 2.69. The minimum absolute atomic E-state index is 0.286. The third kappa shape index (κ3) is 1.09. The molecule has 2 rings (SSSR count). The summed E-state index contributed by atoms with van der Waals surface area (Å²) in [5, 5.41) is 0. The minimum atomic E-state index is -0.286. The molecule has 60 valence electrons. The highest BCUT2D eigenvalue weighted by molar-refractivity contribution is 5.57. The summed E-state index contributed by atoms with van der Waals surface area (Å²) in [5.41, 5.74) is 0.986.